The molecule has 0 radical (unpaired) electrons. The van der Waals surface area contributed by atoms with Gasteiger partial charge in [0.2, 0.25) is 0 Å². The van der Waals surface area contributed by atoms with Crippen LogP contribution in [0.1, 0.15) is 77.3 Å². The molecule has 0 nitrogen and oxygen atoms in total. The topological polar surface area (TPSA) is 0 Å². The lowest BCUT2D eigenvalue weighted by Crippen LogP contribution is -2.42. The molecule has 24 heavy (non-hydrogen) atoms. The molecule has 0 amide bonds. The molecule has 0 spiro atoms. The van der Waals surface area contributed by atoms with E-state index in [0.717, 1.165) is 0 Å². The Hall–Kier alpha value is -1.56. The Bertz CT molecular complexity index is 534. The highest BCUT2D eigenvalue weighted by molar-refractivity contribution is 5.41. The predicted octanol–water partition coefficient (Wildman–Crippen LogP) is 7.38. The fourth-order valence-electron chi connectivity index (χ4n) is 4.17. The SMILES string of the molecule is CCCCC(C)(CCCC)C(C)(c1ccccc1)c1ccccc1. The quantitative estimate of drug-likeness (QED) is 0.452. The maximum absolute atomic E-state index is 2.53. The second-order valence-electron chi connectivity index (χ2n) is 7.62. The van der Waals surface area contributed by atoms with Crippen molar-refractivity contribution in [2.45, 2.75) is 71.6 Å². The van der Waals surface area contributed by atoms with Gasteiger partial charge in [0.25, 0.3) is 0 Å². The van der Waals surface area contributed by atoms with Crippen LogP contribution in [0.25, 0.3) is 0 Å². The lowest BCUT2D eigenvalue weighted by Gasteiger charge is -2.48. The maximum atomic E-state index is 2.53. The van der Waals surface area contributed by atoms with Crippen molar-refractivity contribution in [1.29, 1.82) is 0 Å². The van der Waals surface area contributed by atoms with Crippen molar-refractivity contribution in [3.63, 3.8) is 0 Å². The van der Waals surface area contributed by atoms with Crippen LogP contribution in [0.4, 0.5) is 0 Å². The van der Waals surface area contributed by atoms with Gasteiger partial charge >= 0.3 is 0 Å². The molecule has 0 saturated carbocycles. The second kappa shape index (κ2) is 8.51. The van der Waals surface area contributed by atoms with Gasteiger partial charge in [0.05, 0.1) is 0 Å². The Kier molecular flexibility index (Phi) is 6.66. The molecular weight excluding hydrogens is 288 g/mol. The molecule has 2 rings (SSSR count). The van der Waals surface area contributed by atoms with Crippen LogP contribution in [0.2, 0.25) is 0 Å². The van der Waals surface area contributed by atoms with Crippen molar-refractivity contribution in [2.75, 3.05) is 0 Å². The summed E-state index contributed by atoms with van der Waals surface area (Å²) in [5.74, 6) is 0. The number of hydrogen-bond acceptors (Lipinski definition) is 0. The monoisotopic (exact) mass is 322 g/mol. The van der Waals surface area contributed by atoms with Crippen molar-refractivity contribution >= 4 is 0 Å². The molecule has 0 aliphatic rings. The average Bonchev–Trinajstić information content (AvgIpc) is 2.65. The number of hydrogen-bond donors (Lipinski definition) is 0. The fourth-order valence-corrected chi connectivity index (χ4v) is 4.17. The van der Waals surface area contributed by atoms with Gasteiger partial charge in [-0.15, -0.1) is 0 Å². The van der Waals surface area contributed by atoms with Gasteiger partial charge in [-0.1, -0.05) is 114 Å². The molecule has 0 unspecified atom stereocenters. The largest absolute Gasteiger partial charge is 0.0654 e. The summed E-state index contributed by atoms with van der Waals surface area (Å²) in [6, 6.07) is 22.3. The van der Waals surface area contributed by atoms with E-state index in [1.54, 1.807) is 0 Å². The molecule has 0 heteroatoms. The van der Waals surface area contributed by atoms with Gasteiger partial charge in [-0.2, -0.15) is 0 Å². The third-order valence-electron chi connectivity index (χ3n) is 6.07. The number of benzene rings is 2. The Morgan fingerprint density at radius 1 is 0.625 bits per heavy atom. The van der Waals surface area contributed by atoms with E-state index >= 15 is 0 Å². The summed E-state index contributed by atoms with van der Waals surface area (Å²) >= 11 is 0. The molecule has 2 aromatic carbocycles. The average molecular weight is 323 g/mol. The van der Waals surface area contributed by atoms with E-state index in [1.807, 2.05) is 0 Å². The molecule has 130 valence electrons. The van der Waals surface area contributed by atoms with Crippen molar-refractivity contribution in [2.24, 2.45) is 5.41 Å². The Labute approximate surface area is 149 Å². The highest BCUT2D eigenvalue weighted by atomic mass is 14.5. The van der Waals surface area contributed by atoms with Crippen LogP contribution < -0.4 is 0 Å². The number of unbranched alkanes of at least 4 members (excludes halogenated alkanes) is 2. The first-order chi connectivity index (χ1) is 11.6. The van der Waals surface area contributed by atoms with Gasteiger partial charge in [0.15, 0.2) is 0 Å². The zero-order valence-corrected chi connectivity index (χ0v) is 16.0. The van der Waals surface area contributed by atoms with Gasteiger partial charge in [-0.3, -0.25) is 0 Å². The van der Waals surface area contributed by atoms with E-state index in [4.69, 9.17) is 0 Å². The third-order valence-corrected chi connectivity index (χ3v) is 6.07. The summed E-state index contributed by atoms with van der Waals surface area (Å²) in [5.41, 5.74) is 3.21. The first kappa shape index (κ1) is 18.8. The van der Waals surface area contributed by atoms with Gasteiger partial charge in [-0.05, 0) is 29.4 Å². The molecular formula is C24H34. The van der Waals surface area contributed by atoms with E-state index < -0.39 is 0 Å². The summed E-state index contributed by atoms with van der Waals surface area (Å²) < 4.78 is 0. The second-order valence-corrected chi connectivity index (χ2v) is 7.62. The molecule has 0 bridgehead atoms. The maximum Gasteiger partial charge on any atom is 0.0228 e. The first-order valence-electron chi connectivity index (χ1n) is 9.69. The smallest absolute Gasteiger partial charge is 0.0228 e. The Balaban J connectivity index is 2.58. The lowest BCUT2D eigenvalue weighted by atomic mass is 9.55. The number of rotatable bonds is 9. The molecule has 0 atom stereocenters. The summed E-state index contributed by atoms with van der Waals surface area (Å²) in [6.45, 7) is 9.62. The van der Waals surface area contributed by atoms with E-state index in [0.29, 0.717) is 0 Å². The highest BCUT2D eigenvalue weighted by Crippen LogP contribution is 2.52. The fraction of sp³-hybridized carbons (Fsp3) is 0.500. The normalized spacial score (nSPS) is 12.3. The van der Waals surface area contributed by atoms with Crippen molar-refractivity contribution < 1.29 is 0 Å². The van der Waals surface area contributed by atoms with Crippen LogP contribution in [0, 0.1) is 5.41 Å². The van der Waals surface area contributed by atoms with Crippen LogP contribution in [0.5, 0.6) is 0 Å². The minimum absolute atomic E-state index is 0.0415. The summed E-state index contributed by atoms with van der Waals surface area (Å²) in [5, 5.41) is 0. The minimum Gasteiger partial charge on any atom is -0.0654 e. The van der Waals surface area contributed by atoms with Gasteiger partial charge in [-0.25, -0.2) is 0 Å². The zero-order chi connectivity index (χ0) is 17.5. The predicted molar refractivity (Wildman–Crippen MR) is 106 cm³/mol. The molecule has 0 aliphatic heterocycles. The van der Waals surface area contributed by atoms with Crippen LogP contribution in [0.3, 0.4) is 0 Å². The summed E-state index contributed by atoms with van der Waals surface area (Å²) in [4.78, 5) is 0. The van der Waals surface area contributed by atoms with Gasteiger partial charge < -0.3 is 0 Å². The molecule has 0 heterocycles. The van der Waals surface area contributed by atoms with Gasteiger partial charge in [0, 0.05) is 5.41 Å². The van der Waals surface area contributed by atoms with E-state index in [1.165, 1.54) is 49.7 Å². The zero-order valence-electron chi connectivity index (χ0n) is 16.0. The van der Waals surface area contributed by atoms with Crippen LogP contribution in [-0.2, 0) is 5.41 Å². The van der Waals surface area contributed by atoms with Crippen molar-refractivity contribution in [1.82, 2.24) is 0 Å². The van der Waals surface area contributed by atoms with Gasteiger partial charge in [0.1, 0.15) is 0 Å². The van der Waals surface area contributed by atoms with E-state index in [2.05, 4.69) is 88.4 Å². The van der Waals surface area contributed by atoms with Crippen LogP contribution >= 0.6 is 0 Å². The van der Waals surface area contributed by atoms with Crippen LogP contribution in [0.15, 0.2) is 60.7 Å². The van der Waals surface area contributed by atoms with Crippen molar-refractivity contribution in [3.05, 3.63) is 71.8 Å². The van der Waals surface area contributed by atoms with E-state index in [9.17, 15) is 0 Å². The van der Waals surface area contributed by atoms with Crippen LogP contribution in [-0.4, -0.2) is 0 Å². The molecule has 0 fully saturated rings. The molecule has 2 aromatic rings. The van der Waals surface area contributed by atoms with E-state index in [-0.39, 0.29) is 10.8 Å². The minimum atomic E-state index is 0.0415. The molecule has 0 N–H and O–H groups in total. The molecule has 0 aromatic heterocycles. The first-order valence-corrected chi connectivity index (χ1v) is 9.69. The molecule has 0 saturated heterocycles. The lowest BCUT2D eigenvalue weighted by molar-refractivity contribution is 0.148. The summed E-state index contributed by atoms with van der Waals surface area (Å²) in [7, 11) is 0. The Morgan fingerprint density at radius 2 is 1.00 bits per heavy atom. The highest BCUT2D eigenvalue weighted by Gasteiger charge is 2.45. The standard InChI is InChI=1S/C24H34/c1-5-7-19-23(3,20-8-6-2)24(4,21-15-11-9-12-16-21)22-17-13-10-14-18-22/h9-18H,5-8,19-20H2,1-4H3. The summed E-state index contributed by atoms with van der Waals surface area (Å²) in [6.07, 6.45) is 7.70. The Morgan fingerprint density at radius 3 is 1.33 bits per heavy atom. The van der Waals surface area contributed by atoms with Crippen molar-refractivity contribution in [3.8, 4) is 0 Å². The third kappa shape index (κ3) is 3.74. The molecule has 0 aliphatic carbocycles.